The van der Waals surface area contributed by atoms with E-state index >= 15 is 0 Å². The lowest BCUT2D eigenvalue weighted by molar-refractivity contribution is -0.139. The Kier molecular flexibility index (Phi) is 3.77. The van der Waals surface area contributed by atoms with Crippen molar-refractivity contribution in [3.8, 4) is 5.75 Å². The van der Waals surface area contributed by atoms with Crippen molar-refractivity contribution in [1.82, 2.24) is 0 Å². The summed E-state index contributed by atoms with van der Waals surface area (Å²) < 4.78 is 49.1. The van der Waals surface area contributed by atoms with E-state index in [1.165, 1.54) is 6.07 Å². The van der Waals surface area contributed by atoms with Crippen LogP contribution in [0.3, 0.4) is 0 Å². The lowest BCUT2D eigenvalue weighted by atomic mass is 10.1. The summed E-state index contributed by atoms with van der Waals surface area (Å²) in [5.74, 6) is -0.157. The molecule has 1 unspecified atom stereocenters. The molecule has 1 aromatic carbocycles. The standard InChI is InChI=1S/C12H14F3NO2/c13-12(14,15)10-5-8(6-16)1-2-11(10)18-9-3-4-17-7-9/h1-2,5,9H,3-4,6-7,16H2. The van der Waals surface area contributed by atoms with Crippen LogP contribution in [0.1, 0.15) is 17.5 Å². The van der Waals surface area contributed by atoms with E-state index in [0.29, 0.717) is 25.2 Å². The van der Waals surface area contributed by atoms with E-state index in [1.54, 1.807) is 6.07 Å². The molecule has 0 spiro atoms. The van der Waals surface area contributed by atoms with Gasteiger partial charge in [-0.15, -0.1) is 0 Å². The van der Waals surface area contributed by atoms with Gasteiger partial charge < -0.3 is 15.2 Å². The van der Waals surface area contributed by atoms with E-state index < -0.39 is 11.7 Å². The molecule has 1 atom stereocenters. The molecule has 1 aliphatic heterocycles. The van der Waals surface area contributed by atoms with Gasteiger partial charge in [-0.05, 0) is 17.7 Å². The van der Waals surface area contributed by atoms with E-state index in [9.17, 15) is 13.2 Å². The first kappa shape index (κ1) is 13.2. The molecule has 1 heterocycles. The second-order valence-corrected chi connectivity index (χ2v) is 4.14. The van der Waals surface area contributed by atoms with Crippen molar-refractivity contribution in [2.75, 3.05) is 13.2 Å². The van der Waals surface area contributed by atoms with E-state index in [1.807, 2.05) is 0 Å². The molecule has 1 aromatic rings. The Morgan fingerprint density at radius 1 is 1.39 bits per heavy atom. The van der Waals surface area contributed by atoms with Gasteiger partial charge in [0.25, 0.3) is 0 Å². The van der Waals surface area contributed by atoms with Crippen LogP contribution in [0.2, 0.25) is 0 Å². The van der Waals surface area contributed by atoms with Gasteiger partial charge in [0, 0.05) is 13.0 Å². The minimum Gasteiger partial charge on any atom is -0.487 e. The summed E-state index contributed by atoms with van der Waals surface area (Å²) >= 11 is 0. The van der Waals surface area contributed by atoms with E-state index in [0.717, 1.165) is 6.07 Å². The topological polar surface area (TPSA) is 44.5 Å². The predicted octanol–water partition coefficient (Wildman–Crippen LogP) is 2.33. The molecule has 0 aromatic heterocycles. The lowest BCUT2D eigenvalue weighted by Gasteiger charge is -2.18. The molecule has 2 N–H and O–H groups in total. The quantitative estimate of drug-likeness (QED) is 0.908. The normalized spacial score (nSPS) is 20.1. The maximum Gasteiger partial charge on any atom is 0.419 e. The van der Waals surface area contributed by atoms with Crippen LogP contribution >= 0.6 is 0 Å². The lowest BCUT2D eigenvalue weighted by Crippen LogP contribution is -2.19. The Hall–Kier alpha value is -1.27. The van der Waals surface area contributed by atoms with Gasteiger partial charge in [-0.2, -0.15) is 13.2 Å². The summed E-state index contributed by atoms with van der Waals surface area (Å²) in [6.45, 7) is 0.915. The van der Waals surface area contributed by atoms with Crippen LogP contribution in [-0.2, 0) is 17.5 Å². The van der Waals surface area contributed by atoms with Crippen LogP contribution in [0.5, 0.6) is 5.75 Å². The summed E-state index contributed by atoms with van der Waals surface area (Å²) in [5.41, 5.74) is 5.00. The molecular formula is C12H14F3NO2. The van der Waals surface area contributed by atoms with Crippen LogP contribution in [0, 0.1) is 0 Å². The minimum atomic E-state index is -4.44. The molecule has 0 saturated carbocycles. The number of rotatable bonds is 3. The number of ether oxygens (including phenoxy) is 2. The molecule has 0 amide bonds. The van der Waals surface area contributed by atoms with Gasteiger partial charge >= 0.3 is 6.18 Å². The van der Waals surface area contributed by atoms with Crippen molar-refractivity contribution < 1.29 is 22.6 Å². The molecule has 0 aliphatic carbocycles. The first-order chi connectivity index (χ1) is 8.50. The summed E-state index contributed by atoms with van der Waals surface area (Å²) in [6.07, 6.45) is -4.15. The Bertz CT molecular complexity index is 414. The van der Waals surface area contributed by atoms with Gasteiger partial charge in [0.1, 0.15) is 11.9 Å². The predicted molar refractivity (Wildman–Crippen MR) is 59.2 cm³/mol. The fourth-order valence-electron chi connectivity index (χ4n) is 1.81. The van der Waals surface area contributed by atoms with Gasteiger partial charge in [-0.3, -0.25) is 0 Å². The zero-order valence-corrected chi connectivity index (χ0v) is 9.67. The smallest absolute Gasteiger partial charge is 0.419 e. The molecule has 1 aliphatic rings. The van der Waals surface area contributed by atoms with Crippen molar-refractivity contribution in [2.45, 2.75) is 25.2 Å². The first-order valence-electron chi connectivity index (χ1n) is 5.65. The highest BCUT2D eigenvalue weighted by molar-refractivity contribution is 5.39. The van der Waals surface area contributed by atoms with Crippen molar-refractivity contribution >= 4 is 0 Å². The highest BCUT2D eigenvalue weighted by Crippen LogP contribution is 2.37. The van der Waals surface area contributed by atoms with Crippen LogP contribution in [-0.4, -0.2) is 19.3 Å². The van der Waals surface area contributed by atoms with E-state index in [2.05, 4.69) is 0 Å². The highest BCUT2D eigenvalue weighted by atomic mass is 19.4. The third-order valence-corrected chi connectivity index (χ3v) is 2.77. The monoisotopic (exact) mass is 261 g/mol. The number of benzene rings is 1. The number of nitrogens with two attached hydrogens (primary N) is 1. The molecule has 0 radical (unpaired) electrons. The van der Waals surface area contributed by atoms with Crippen LogP contribution in [0.4, 0.5) is 13.2 Å². The molecule has 0 bridgehead atoms. The second-order valence-electron chi connectivity index (χ2n) is 4.14. The van der Waals surface area contributed by atoms with E-state index in [4.69, 9.17) is 15.2 Å². The number of hydrogen-bond acceptors (Lipinski definition) is 3. The number of hydrogen-bond donors (Lipinski definition) is 1. The summed E-state index contributed by atoms with van der Waals surface area (Å²) in [6, 6.07) is 3.90. The average Bonchev–Trinajstić information content (AvgIpc) is 2.81. The van der Waals surface area contributed by atoms with Crippen molar-refractivity contribution in [3.63, 3.8) is 0 Å². The van der Waals surface area contributed by atoms with Gasteiger partial charge in [0.2, 0.25) is 0 Å². The number of halogens is 3. The Balaban J connectivity index is 2.27. The third kappa shape index (κ3) is 2.94. The fourth-order valence-corrected chi connectivity index (χ4v) is 1.81. The number of alkyl halides is 3. The minimum absolute atomic E-state index is 0.0654. The van der Waals surface area contributed by atoms with Crippen molar-refractivity contribution in [1.29, 1.82) is 0 Å². The Labute approximate surface area is 103 Å². The molecule has 3 nitrogen and oxygen atoms in total. The summed E-state index contributed by atoms with van der Waals surface area (Å²) in [5, 5.41) is 0. The van der Waals surface area contributed by atoms with Crippen LogP contribution in [0.25, 0.3) is 0 Å². The third-order valence-electron chi connectivity index (χ3n) is 2.77. The molecule has 1 fully saturated rings. The summed E-state index contributed by atoms with van der Waals surface area (Å²) in [7, 11) is 0. The van der Waals surface area contributed by atoms with Crippen molar-refractivity contribution in [2.24, 2.45) is 5.73 Å². The molecule has 2 rings (SSSR count). The zero-order chi connectivity index (χ0) is 13.2. The molecular weight excluding hydrogens is 247 g/mol. The SMILES string of the molecule is NCc1ccc(OC2CCOC2)c(C(F)(F)F)c1. The molecule has 18 heavy (non-hydrogen) atoms. The van der Waals surface area contributed by atoms with Crippen LogP contribution in [0.15, 0.2) is 18.2 Å². The van der Waals surface area contributed by atoms with E-state index in [-0.39, 0.29) is 18.4 Å². The second kappa shape index (κ2) is 5.16. The Morgan fingerprint density at radius 2 is 2.17 bits per heavy atom. The van der Waals surface area contributed by atoms with Gasteiger partial charge in [-0.1, -0.05) is 6.07 Å². The first-order valence-corrected chi connectivity index (χ1v) is 5.65. The largest absolute Gasteiger partial charge is 0.487 e. The fraction of sp³-hybridized carbons (Fsp3) is 0.500. The highest BCUT2D eigenvalue weighted by Gasteiger charge is 2.35. The van der Waals surface area contributed by atoms with Crippen LogP contribution < -0.4 is 10.5 Å². The molecule has 6 heteroatoms. The zero-order valence-electron chi connectivity index (χ0n) is 9.67. The molecule has 100 valence electrons. The van der Waals surface area contributed by atoms with Gasteiger partial charge in [0.05, 0.1) is 18.8 Å². The Morgan fingerprint density at radius 3 is 2.72 bits per heavy atom. The summed E-state index contributed by atoms with van der Waals surface area (Å²) in [4.78, 5) is 0. The maximum atomic E-state index is 12.9. The van der Waals surface area contributed by atoms with Crippen molar-refractivity contribution in [3.05, 3.63) is 29.3 Å². The maximum absolute atomic E-state index is 12.9. The average molecular weight is 261 g/mol. The van der Waals surface area contributed by atoms with Gasteiger partial charge in [0.15, 0.2) is 0 Å². The molecule has 1 saturated heterocycles. The van der Waals surface area contributed by atoms with Gasteiger partial charge in [-0.25, -0.2) is 0 Å².